The second-order valence-corrected chi connectivity index (χ2v) is 13.7. The van der Waals surface area contributed by atoms with Crippen molar-refractivity contribution in [3.63, 3.8) is 0 Å². The molecular weight excluding hydrogens is 454 g/mol. The Balaban J connectivity index is 3.27. The third-order valence-corrected chi connectivity index (χ3v) is 9.22. The molecule has 0 aliphatic heterocycles. The quantitative estimate of drug-likeness (QED) is 0.0639. The average Bonchev–Trinajstić information content (AvgIpc) is 2.86. The van der Waals surface area contributed by atoms with Crippen molar-refractivity contribution >= 4 is 11.8 Å². The summed E-state index contributed by atoms with van der Waals surface area (Å²) in [6, 6.07) is 0. The van der Waals surface area contributed by atoms with Gasteiger partial charge in [0.2, 0.25) is 0 Å². The lowest BCUT2D eigenvalue weighted by atomic mass is 10.0. The minimum Gasteiger partial charge on any atom is -0.328 e. The van der Waals surface area contributed by atoms with Crippen molar-refractivity contribution in [2.45, 2.75) is 181 Å². The molecule has 0 aromatic carbocycles. The van der Waals surface area contributed by atoms with Gasteiger partial charge in [0.25, 0.3) is 0 Å². The summed E-state index contributed by atoms with van der Waals surface area (Å²) in [6.45, 7) is 7.37. The van der Waals surface area contributed by atoms with Gasteiger partial charge in [0.15, 0.2) is 0 Å². The predicted octanol–water partition coefficient (Wildman–Crippen LogP) is 12.0. The molecule has 0 bridgehead atoms. The molecule has 0 rings (SSSR count). The van der Waals surface area contributed by atoms with Gasteiger partial charge in [0.1, 0.15) is 0 Å². The Morgan fingerprint density at radius 2 is 0.583 bits per heavy atom. The molecule has 0 aliphatic rings. The van der Waals surface area contributed by atoms with Gasteiger partial charge in [0, 0.05) is 0 Å². The summed E-state index contributed by atoms with van der Waals surface area (Å²) in [5, 5.41) is 0. The van der Waals surface area contributed by atoms with Crippen LogP contribution in [-0.2, 0) is 0 Å². The summed E-state index contributed by atoms with van der Waals surface area (Å²) >= 11 is 2.21. The molecule has 0 N–H and O–H groups in total. The molecule has 1 nitrogen and oxygen atoms in total. The Bertz CT molecular complexity index is 395. The highest BCUT2D eigenvalue weighted by molar-refractivity contribution is 7.99. The largest absolute Gasteiger partial charge is 0.328 e. The summed E-state index contributed by atoms with van der Waals surface area (Å²) in [5.74, 6) is 2.80. The number of hydrogen-bond acceptors (Lipinski definition) is 1. The van der Waals surface area contributed by atoms with Crippen molar-refractivity contribution in [2.24, 2.45) is 0 Å². The summed E-state index contributed by atoms with van der Waals surface area (Å²) in [6.07, 6.45) is 37.8. The number of thioether (sulfide) groups is 1. The first-order valence-electron chi connectivity index (χ1n) is 17.0. The Morgan fingerprint density at radius 1 is 0.333 bits per heavy atom. The maximum atomic E-state index is 2.46. The summed E-state index contributed by atoms with van der Waals surface area (Å²) in [7, 11) is 4.92. The van der Waals surface area contributed by atoms with Gasteiger partial charge in [0.05, 0.1) is 27.2 Å². The van der Waals surface area contributed by atoms with Gasteiger partial charge in [-0.15, -0.1) is 0 Å². The molecule has 0 atom stereocenters. The van der Waals surface area contributed by atoms with Crippen LogP contribution in [0, 0.1) is 0 Å². The molecule has 0 saturated carbocycles. The second kappa shape index (κ2) is 29.9. The first-order chi connectivity index (χ1) is 17.6. The van der Waals surface area contributed by atoms with Crippen LogP contribution in [0.25, 0.3) is 0 Å². The van der Waals surface area contributed by atoms with Gasteiger partial charge in [-0.25, -0.2) is 0 Å². The van der Waals surface area contributed by atoms with Crippen molar-refractivity contribution < 1.29 is 4.48 Å². The van der Waals surface area contributed by atoms with E-state index in [1.165, 1.54) is 196 Å². The van der Waals surface area contributed by atoms with Crippen LogP contribution in [0.2, 0.25) is 0 Å². The minimum atomic E-state index is 1.24. The van der Waals surface area contributed by atoms with E-state index < -0.39 is 0 Å². The van der Waals surface area contributed by atoms with Crippen LogP contribution in [0.4, 0.5) is 0 Å². The molecule has 2 heteroatoms. The van der Waals surface area contributed by atoms with E-state index >= 15 is 0 Å². The topological polar surface area (TPSA) is 0 Å². The Kier molecular flexibility index (Phi) is 30.1. The molecule has 0 radical (unpaired) electrons. The van der Waals surface area contributed by atoms with E-state index in [1.54, 1.807) is 0 Å². The molecule has 0 amide bonds. The molecule has 0 aliphatic carbocycles. The summed E-state index contributed by atoms with van der Waals surface area (Å²) in [4.78, 5) is 0. The standard InChI is InChI=1S/C34H72NS/c1-5-7-9-11-13-15-16-17-18-19-20-21-23-27-31-35(3,4)32-28-24-26-30-34-36-33-29-25-22-14-12-10-8-6-2/h5-34H2,1-4H3/q+1. The smallest absolute Gasteiger partial charge is 0.0782 e. The zero-order valence-corrected chi connectivity index (χ0v) is 26.9. The van der Waals surface area contributed by atoms with Gasteiger partial charge in [-0.05, 0) is 50.0 Å². The summed E-state index contributed by atoms with van der Waals surface area (Å²) in [5.41, 5.74) is 0. The molecule has 0 spiro atoms. The number of rotatable bonds is 31. The van der Waals surface area contributed by atoms with Crippen LogP contribution >= 0.6 is 11.8 Å². The van der Waals surface area contributed by atoms with E-state index in [2.05, 4.69) is 39.7 Å². The monoisotopic (exact) mass is 527 g/mol. The average molecular weight is 527 g/mol. The molecule has 36 heavy (non-hydrogen) atoms. The fourth-order valence-electron chi connectivity index (χ4n) is 5.38. The van der Waals surface area contributed by atoms with Crippen molar-refractivity contribution in [2.75, 3.05) is 38.7 Å². The lowest BCUT2D eigenvalue weighted by Gasteiger charge is -2.30. The first-order valence-corrected chi connectivity index (χ1v) is 18.2. The van der Waals surface area contributed by atoms with Crippen LogP contribution in [-0.4, -0.2) is 43.2 Å². The molecule has 0 heterocycles. The highest BCUT2D eigenvalue weighted by Gasteiger charge is 2.13. The van der Waals surface area contributed by atoms with Crippen molar-refractivity contribution in [1.82, 2.24) is 0 Å². The second-order valence-electron chi connectivity index (χ2n) is 12.5. The highest BCUT2D eigenvalue weighted by atomic mass is 32.2. The molecule has 218 valence electrons. The fraction of sp³-hybridized carbons (Fsp3) is 1.00. The number of quaternary nitrogens is 1. The van der Waals surface area contributed by atoms with Gasteiger partial charge >= 0.3 is 0 Å². The third-order valence-electron chi connectivity index (χ3n) is 8.06. The fourth-order valence-corrected chi connectivity index (χ4v) is 6.40. The Hall–Kier alpha value is 0.310. The van der Waals surface area contributed by atoms with Gasteiger partial charge in [-0.1, -0.05) is 142 Å². The van der Waals surface area contributed by atoms with Crippen molar-refractivity contribution in [3.8, 4) is 0 Å². The Morgan fingerprint density at radius 3 is 0.889 bits per heavy atom. The minimum absolute atomic E-state index is 1.24. The van der Waals surface area contributed by atoms with E-state index in [1.807, 2.05) is 0 Å². The lowest BCUT2D eigenvalue weighted by Crippen LogP contribution is -2.41. The van der Waals surface area contributed by atoms with Crippen LogP contribution in [0.1, 0.15) is 181 Å². The maximum Gasteiger partial charge on any atom is 0.0782 e. The maximum absolute atomic E-state index is 2.46. The molecule has 0 aromatic heterocycles. The molecule has 0 saturated heterocycles. The van der Waals surface area contributed by atoms with Gasteiger partial charge in [-0.2, -0.15) is 11.8 Å². The third kappa shape index (κ3) is 30.5. The van der Waals surface area contributed by atoms with Crippen molar-refractivity contribution in [3.05, 3.63) is 0 Å². The zero-order chi connectivity index (χ0) is 26.4. The first kappa shape index (κ1) is 36.3. The number of nitrogens with zero attached hydrogens (tertiary/aromatic N) is 1. The van der Waals surface area contributed by atoms with E-state index in [-0.39, 0.29) is 0 Å². The normalized spacial score (nSPS) is 12.0. The van der Waals surface area contributed by atoms with Crippen LogP contribution < -0.4 is 0 Å². The zero-order valence-electron chi connectivity index (χ0n) is 26.1. The molecule has 0 unspecified atom stereocenters. The van der Waals surface area contributed by atoms with Crippen LogP contribution in [0.3, 0.4) is 0 Å². The number of hydrogen-bond donors (Lipinski definition) is 0. The van der Waals surface area contributed by atoms with Crippen LogP contribution in [0.5, 0.6) is 0 Å². The van der Waals surface area contributed by atoms with E-state index in [4.69, 9.17) is 0 Å². The molecular formula is C34H72NS+. The Labute approximate surface area is 235 Å². The summed E-state index contributed by atoms with van der Waals surface area (Å²) < 4.78 is 1.24. The van der Waals surface area contributed by atoms with E-state index in [0.29, 0.717) is 0 Å². The van der Waals surface area contributed by atoms with E-state index in [9.17, 15) is 0 Å². The van der Waals surface area contributed by atoms with E-state index in [0.717, 1.165) is 0 Å². The predicted molar refractivity (Wildman–Crippen MR) is 171 cm³/mol. The lowest BCUT2D eigenvalue weighted by molar-refractivity contribution is -0.890. The number of unbranched alkanes of at least 4 members (excludes halogenated alkanes) is 23. The van der Waals surface area contributed by atoms with Gasteiger partial charge in [-0.3, -0.25) is 0 Å². The van der Waals surface area contributed by atoms with Crippen molar-refractivity contribution in [1.29, 1.82) is 0 Å². The molecule has 0 aromatic rings. The SMILES string of the molecule is CCCCCCCCCCCCCCCC[N+](C)(C)CCCCCCSCCCCCCCCCC. The van der Waals surface area contributed by atoms with Gasteiger partial charge < -0.3 is 4.48 Å². The van der Waals surface area contributed by atoms with Crippen LogP contribution in [0.15, 0.2) is 0 Å². The molecule has 0 fully saturated rings. The highest BCUT2D eigenvalue weighted by Crippen LogP contribution is 2.16.